The molecule has 4 nitrogen and oxygen atoms in total. The summed E-state index contributed by atoms with van der Waals surface area (Å²) < 4.78 is 12.9. The van der Waals surface area contributed by atoms with Crippen molar-refractivity contribution in [2.24, 2.45) is 0 Å². The van der Waals surface area contributed by atoms with Crippen LogP contribution >= 0.6 is 0 Å². The molecule has 1 N–H and O–H groups in total. The Hall–Kier alpha value is -1.49. The average Bonchev–Trinajstić information content (AvgIpc) is 2.20. The summed E-state index contributed by atoms with van der Waals surface area (Å²) in [5, 5.41) is 20.3. The molecule has 0 radical (unpaired) electrons. The number of halogens is 1. The molecule has 0 fully saturated rings. The highest BCUT2D eigenvalue weighted by Crippen LogP contribution is 2.31. The van der Waals surface area contributed by atoms with E-state index >= 15 is 0 Å². The van der Waals surface area contributed by atoms with Crippen LogP contribution in [0.5, 0.6) is 0 Å². The second kappa shape index (κ2) is 5.03. The summed E-state index contributed by atoms with van der Waals surface area (Å²) in [6.45, 7) is 3.39. The van der Waals surface area contributed by atoms with Gasteiger partial charge in [0.2, 0.25) is 0 Å². The molecule has 0 aromatic heterocycles. The van der Waals surface area contributed by atoms with Crippen molar-refractivity contribution in [1.82, 2.24) is 0 Å². The highest BCUT2D eigenvalue weighted by Gasteiger charge is 2.24. The summed E-state index contributed by atoms with van der Waals surface area (Å²) >= 11 is 0. The van der Waals surface area contributed by atoms with E-state index in [0.29, 0.717) is 12.0 Å². The molecule has 1 aromatic rings. The smallest absolute Gasteiger partial charge is 0.275 e. The molecule has 0 aliphatic heterocycles. The van der Waals surface area contributed by atoms with E-state index in [1.807, 2.05) is 6.92 Å². The van der Waals surface area contributed by atoms with Gasteiger partial charge in [-0.15, -0.1) is 0 Å². The minimum absolute atomic E-state index is 0.271. The molecular weight excluding hydrogens is 213 g/mol. The van der Waals surface area contributed by atoms with E-state index in [1.54, 1.807) is 6.92 Å². The molecule has 1 rings (SSSR count). The Morgan fingerprint density at radius 3 is 2.62 bits per heavy atom. The van der Waals surface area contributed by atoms with Crippen molar-refractivity contribution in [1.29, 1.82) is 0 Å². The number of aliphatic hydroxyl groups is 1. The van der Waals surface area contributed by atoms with Gasteiger partial charge in [-0.05, 0) is 25.5 Å². The lowest BCUT2D eigenvalue weighted by atomic mass is 9.90. The van der Waals surface area contributed by atoms with Crippen molar-refractivity contribution in [2.75, 3.05) is 0 Å². The molecule has 2 atom stereocenters. The number of hydrogen-bond donors (Lipinski definition) is 1. The van der Waals surface area contributed by atoms with Crippen molar-refractivity contribution < 1.29 is 14.4 Å². The molecule has 0 saturated carbocycles. The van der Waals surface area contributed by atoms with E-state index in [9.17, 15) is 19.6 Å². The Balaban J connectivity index is 3.26. The number of rotatable bonds is 4. The average molecular weight is 227 g/mol. The summed E-state index contributed by atoms with van der Waals surface area (Å²) in [6, 6.07) is 3.43. The van der Waals surface area contributed by atoms with Crippen LogP contribution in [0.4, 0.5) is 10.1 Å². The maximum Gasteiger partial charge on any atom is 0.275 e. The van der Waals surface area contributed by atoms with Gasteiger partial charge in [-0.1, -0.05) is 6.92 Å². The van der Waals surface area contributed by atoms with Crippen LogP contribution in [0.25, 0.3) is 0 Å². The van der Waals surface area contributed by atoms with Crippen LogP contribution in [-0.2, 0) is 0 Å². The van der Waals surface area contributed by atoms with E-state index < -0.39 is 16.8 Å². The highest BCUT2D eigenvalue weighted by molar-refractivity contribution is 5.43. The van der Waals surface area contributed by atoms with Gasteiger partial charge in [-0.25, -0.2) is 4.39 Å². The van der Waals surface area contributed by atoms with Crippen LogP contribution < -0.4 is 0 Å². The molecule has 0 aliphatic rings. The van der Waals surface area contributed by atoms with E-state index in [-0.39, 0.29) is 11.6 Å². The summed E-state index contributed by atoms with van der Waals surface area (Å²) in [4.78, 5) is 10.2. The first-order valence-corrected chi connectivity index (χ1v) is 5.09. The Bertz CT molecular complexity index is 393. The topological polar surface area (TPSA) is 63.4 Å². The number of nitrogens with zero attached hydrogens (tertiary/aromatic N) is 1. The molecule has 0 amide bonds. The zero-order chi connectivity index (χ0) is 12.3. The van der Waals surface area contributed by atoms with Gasteiger partial charge >= 0.3 is 0 Å². The largest absolute Gasteiger partial charge is 0.393 e. The fraction of sp³-hybridized carbons (Fsp3) is 0.455. The minimum Gasteiger partial charge on any atom is -0.393 e. The summed E-state index contributed by atoms with van der Waals surface area (Å²) in [6.07, 6.45) is -0.140. The van der Waals surface area contributed by atoms with Gasteiger partial charge in [0.05, 0.1) is 17.1 Å². The maximum atomic E-state index is 12.9. The molecule has 0 heterocycles. The van der Waals surface area contributed by atoms with Crippen molar-refractivity contribution in [3.8, 4) is 0 Å². The molecular formula is C11H14FNO3. The third-order valence-electron chi connectivity index (χ3n) is 2.61. The number of nitro benzene ring substituents is 1. The van der Waals surface area contributed by atoms with Gasteiger partial charge in [0.15, 0.2) is 0 Å². The standard InChI is InChI=1S/C11H14FNO3/c1-3-9(7(2)14)10-5-4-8(12)6-11(10)13(15)16/h4-7,9,14H,3H2,1-2H3. The van der Waals surface area contributed by atoms with Crippen LogP contribution in [0.15, 0.2) is 18.2 Å². The summed E-state index contributed by atoms with van der Waals surface area (Å²) in [7, 11) is 0. The Labute approximate surface area is 92.9 Å². The fourth-order valence-electron chi connectivity index (χ4n) is 1.81. The summed E-state index contributed by atoms with van der Waals surface area (Å²) in [5.74, 6) is -0.989. The van der Waals surface area contributed by atoms with Crippen LogP contribution in [-0.4, -0.2) is 16.1 Å². The lowest BCUT2D eigenvalue weighted by Crippen LogP contribution is -2.15. The predicted octanol–water partition coefficient (Wildman–Crippen LogP) is 2.61. The quantitative estimate of drug-likeness (QED) is 0.635. The van der Waals surface area contributed by atoms with Crippen molar-refractivity contribution in [3.63, 3.8) is 0 Å². The molecule has 0 bridgehead atoms. The van der Waals surface area contributed by atoms with E-state index in [1.165, 1.54) is 12.1 Å². The minimum atomic E-state index is -0.700. The number of benzene rings is 1. The first-order valence-electron chi connectivity index (χ1n) is 5.09. The molecule has 0 spiro atoms. The van der Waals surface area contributed by atoms with Crippen molar-refractivity contribution in [2.45, 2.75) is 32.3 Å². The summed E-state index contributed by atoms with van der Waals surface area (Å²) in [5.41, 5.74) is 0.108. The second-order valence-corrected chi connectivity index (χ2v) is 3.72. The molecule has 5 heteroatoms. The third-order valence-corrected chi connectivity index (χ3v) is 2.61. The Morgan fingerprint density at radius 2 is 2.19 bits per heavy atom. The van der Waals surface area contributed by atoms with Gasteiger partial charge in [0.1, 0.15) is 5.82 Å². The monoisotopic (exact) mass is 227 g/mol. The lowest BCUT2D eigenvalue weighted by Gasteiger charge is -2.18. The maximum absolute atomic E-state index is 12.9. The van der Waals surface area contributed by atoms with Gasteiger partial charge in [-0.2, -0.15) is 0 Å². The van der Waals surface area contributed by atoms with Crippen LogP contribution in [0.3, 0.4) is 0 Å². The molecule has 2 unspecified atom stereocenters. The first-order chi connectivity index (χ1) is 7.47. The molecule has 1 aromatic carbocycles. The van der Waals surface area contributed by atoms with E-state index in [4.69, 9.17) is 0 Å². The second-order valence-electron chi connectivity index (χ2n) is 3.72. The van der Waals surface area contributed by atoms with Gasteiger partial charge in [-0.3, -0.25) is 10.1 Å². The van der Waals surface area contributed by atoms with Gasteiger partial charge in [0, 0.05) is 11.5 Å². The molecule has 0 aliphatic carbocycles. The van der Waals surface area contributed by atoms with Crippen molar-refractivity contribution >= 4 is 5.69 Å². The van der Waals surface area contributed by atoms with Crippen LogP contribution in [0.1, 0.15) is 31.7 Å². The number of aliphatic hydroxyl groups excluding tert-OH is 1. The van der Waals surface area contributed by atoms with Gasteiger partial charge in [0.25, 0.3) is 5.69 Å². The van der Waals surface area contributed by atoms with Gasteiger partial charge < -0.3 is 5.11 Å². The first kappa shape index (κ1) is 12.6. The Kier molecular flexibility index (Phi) is 3.95. The normalized spacial score (nSPS) is 14.5. The highest BCUT2D eigenvalue weighted by atomic mass is 19.1. The number of hydrogen-bond acceptors (Lipinski definition) is 3. The molecule has 0 saturated heterocycles. The van der Waals surface area contributed by atoms with E-state index in [0.717, 1.165) is 6.07 Å². The zero-order valence-electron chi connectivity index (χ0n) is 9.18. The Morgan fingerprint density at radius 1 is 1.56 bits per heavy atom. The molecule has 16 heavy (non-hydrogen) atoms. The van der Waals surface area contributed by atoms with Crippen LogP contribution in [0, 0.1) is 15.9 Å². The predicted molar refractivity (Wildman–Crippen MR) is 57.8 cm³/mol. The molecule has 88 valence electrons. The third kappa shape index (κ3) is 2.55. The van der Waals surface area contributed by atoms with Crippen molar-refractivity contribution in [3.05, 3.63) is 39.7 Å². The SMILES string of the molecule is CCC(c1ccc(F)cc1[N+](=O)[O-])C(C)O. The number of nitro groups is 1. The zero-order valence-corrected chi connectivity index (χ0v) is 9.18. The van der Waals surface area contributed by atoms with Crippen LogP contribution in [0.2, 0.25) is 0 Å². The van der Waals surface area contributed by atoms with E-state index in [2.05, 4.69) is 0 Å². The fourth-order valence-corrected chi connectivity index (χ4v) is 1.81. The lowest BCUT2D eigenvalue weighted by molar-refractivity contribution is -0.386.